The van der Waals surface area contributed by atoms with Gasteiger partial charge in [-0.15, -0.1) is 0 Å². The highest BCUT2D eigenvalue weighted by molar-refractivity contribution is 5.94. The molecule has 0 bridgehead atoms. The minimum Gasteiger partial charge on any atom is -0.396 e. The van der Waals surface area contributed by atoms with Crippen LogP contribution in [-0.4, -0.2) is 63.1 Å². The SMILES string of the molecule is CN1O[C@H](CCO)Cn2nc3c(c2C1=O)CN(C(=O)Nc1cccc(C#N)c1F)CC3. The highest BCUT2D eigenvalue weighted by Crippen LogP contribution is 2.27. The highest BCUT2D eigenvalue weighted by atomic mass is 19.1. The fraction of sp³-hybridized carbons (Fsp3) is 0.400. The molecule has 162 valence electrons. The van der Waals surface area contributed by atoms with Crippen LogP contribution in [-0.2, 0) is 24.3 Å². The Morgan fingerprint density at radius 1 is 1.48 bits per heavy atom. The second-order valence-electron chi connectivity index (χ2n) is 7.38. The molecule has 1 aromatic heterocycles. The lowest BCUT2D eigenvalue weighted by atomic mass is 10.0. The summed E-state index contributed by atoms with van der Waals surface area (Å²) in [6.45, 7) is 0.688. The minimum absolute atomic E-state index is 0.0828. The molecule has 0 spiro atoms. The maximum absolute atomic E-state index is 14.3. The third-order valence-corrected chi connectivity index (χ3v) is 5.37. The van der Waals surface area contributed by atoms with Gasteiger partial charge in [-0.2, -0.15) is 10.4 Å². The molecule has 11 heteroatoms. The van der Waals surface area contributed by atoms with Gasteiger partial charge in [0.05, 0.1) is 30.0 Å². The molecule has 0 aliphatic carbocycles. The molecule has 2 aromatic rings. The number of aliphatic hydroxyl groups is 1. The predicted octanol–water partition coefficient (Wildman–Crippen LogP) is 1.25. The molecule has 0 saturated carbocycles. The monoisotopic (exact) mass is 428 g/mol. The first kappa shape index (κ1) is 20.8. The molecule has 3 amide bonds. The van der Waals surface area contributed by atoms with Crippen LogP contribution in [0.1, 0.15) is 33.7 Å². The first-order valence-electron chi connectivity index (χ1n) is 9.81. The molecule has 0 radical (unpaired) electrons. The lowest BCUT2D eigenvalue weighted by Crippen LogP contribution is -2.39. The van der Waals surface area contributed by atoms with Gasteiger partial charge in [0.2, 0.25) is 0 Å². The van der Waals surface area contributed by atoms with Gasteiger partial charge in [-0.3, -0.25) is 14.3 Å². The van der Waals surface area contributed by atoms with Gasteiger partial charge in [-0.25, -0.2) is 14.2 Å². The number of hydrogen-bond acceptors (Lipinski definition) is 6. The molecule has 0 fully saturated rings. The lowest BCUT2D eigenvalue weighted by Gasteiger charge is -2.27. The van der Waals surface area contributed by atoms with Crippen molar-refractivity contribution in [2.75, 3.05) is 25.5 Å². The van der Waals surface area contributed by atoms with E-state index in [9.17, 15) is 19.1 Å². The molecule has 2 N–H and O–H groups in total. The van der Waals surface area contributed by atoms with Gasteiger partial charge in [0.25, 0.3) is 5.91 Å². The van der Waals surface area contributed by atoms with Crippen LogP contribution in [0.5, 0.6) is 0 Å². The number of carbonyl (C=O) groups is 2. The van der Waals surface area contributed by atoms with E-state index in [1.165, 1.54) is 30.1 Å². The van der Waals surface area contributed by atoms with Crippen molar-refractivity contribution in [1.82, 2.24) is 19.7 Å². The van der Waals surface area contributed by atoms with E-state index in [0.717, 1.165) is 10.8 Å². The number of carbonyl (C=O) groups excluding carboxylic acids is 2. The zero-order valence-corrected chi connectivity index (χ0v) is 16.8. The summed E-state index contributed by atoms with van der Waals surface area (Å²) in [6.07, 6.45) is 0.381. The quantitative estimate of drug-likeness (QED) is 0.758. The van der Waals surface area contributed by atoms with Crippen molar-refractivity contribution < 1.29 is 23.9 Å². The van der Waals surface area contributed by atoms with E-state index >= 15 is 0 Å². The Morgan fingerprint density at radius 2 is 2.29 bits per heavy atom. The third-order valence-electron chi connectivity index (χ3n) is 5.37. The Kier molecular flexibility index (Phi) is 5.58. The Morgan fingerprint density at radius 3 is 3.03 bits per heavy atom. The van der Waals surface area contributed by atoms with Gasteiger partial charge in [0.15, 0.2) is 5.82 Å². The Balaban J connectivity index is 1.57. The van der Waals surface area contributed by atoms with Crippen molar-refractivity contribution in [2.24, 2.45) is 0 Å². The molecular formula is C20H21FN6O4. The van der Waals surface area contributed by atoms with Gasteiger partial charge < -0.3 is 15.3 Å². The standard InChI is InChI=1S/C20H21FN6O4/c1-25-19(29)18-14-11-26(20(30)23-16-4-2-3-12(9-22)17(16)21)7-5-15(14)24-27(18)10-13(31-25)6-8-28/h2-4,13,28H,5-8,10-11H2,1H3,(H,23,30)/t13-/m1/s1. The van der Waals surface area contributed by atoms with Gasteiger partial charge >= 0.3 is 6.03 Å². The minimum atomic E-state index is -0.792. The van der Waals surface area contributed by atoms with Crippen LogP contribution in [0.4, 0.5) is 14.9 Å². The number of aliphatic hydroxyl groups excluding tert-OH is 1. The number of anilines is 1. The molecule has 1 aromatic carbocycles. The molecular weight excluding hydrogens is 407 g/mol. The van der Waals surface area contributed by atoms with Crippen molar-refractivity contribution >= 4 is 17.6 Å². The van der Waals surface area contributed by atoms with Gasteiger partial charge in [-0.1, -0.05) is 6.07 Å². The summed E-state index contributed by atoms with van der Waals surface area (Å²) in [7, 11) is 1.50. The van der Waals surface area contributed by atoms with Crippen molar-refractivity contribution in [3.63, 3.8) is 0 Å². The summed E-state index contributed by atoms with van der Waals surface area (Å²) in [5.41, 5.74) is 1.44. The number of hydrogen-bond donors (Lipinski definition) is 2. The number of urea groups is 1. The van der Waals surface area contributed by atoms with E-state index in [0.29, 0.717) is 37.2 Å². The number of hydroxylamine groups is 2. The van der Waals surface area contributed by atoms with Gasteiger partial charge in [0, 0.05) is 38.6 Å². The first-order valence-corrected chi connectivity index (χ1v) is 9.81. The number of fused-ring (bicyclic) bond motifs is 3. The molecule has 0 unspecified atom stereocenters. The van der Waals surface area contributed by atoms with Crippen LogP contribution in [0.2, 0.25) is 0 Å². The van der Waals surface area contributed by atoms with Crippen LogP contribution in [0.15, 0.2) is 18.2 Å². The van der Waals surface area contributed by atoms with Crippen molar-refractivity contribution in [3.05, 3.63) is 46.5 Å². The van der Waals surface area contributed by atoms with E-state index in [-0.39, 0.29) is 30.3 Å². The summed E-state index contributed by atoms with van der Waals surface area (Å²) in [5, 5.41) is 26.4. The van der Waals surface area contributed by atoms with E-state index in [4.69, 9.17) is 10.1 Å². The topological polar surface area (TPSA) is 124 Å². The van der Waals surface area contributed by atoms with Crippen LogP contribution in [0.3, 0.4) is 0 Å². The number of amides is 3. The fourth-order valence-electron chi connectivity index (χ4n) is 3.82. The van der Waals surface area contributed by atoms with Crippen LogP contribution in [0.25, 0.3) is 0 Å². The van der Waals surface area contributed by atoms with Gasteiger partial charge in [-0.05, 0) is 12.1 Å². The van der Waals surface area contributed by atoms with Crippen molar-refractivity contribution in [2.45, 2.75) is 32.0 Å². The zero-order valence-electron chi connectivity index (χ0n) is 16.8. The second-order valence-corrected chi connectivity index (χ2v) is 7.38. The number of aromatic nitrogens is 2. The number of rotatable bonds is 3. The molecule has 31 heavy (non-hydrogen) atoms. The Hall–Kier alpha value is -3.49. The predicted molar refractivity (Wildman–Crippen MR) is 105 cm³/mol. The van der Waals surface area contributed by atoms with E-state index in [1.54, 1.807) is 10.8 Å². The number of nitrogens with zero attached hydrogens (tertiary/aromatic N) is 5. The van der Waals surface area contributed by atoms with E-state index in [2.05, 4.69) is 10.4 Å². The maximum atomic E-state index is 14.3. The summed E-state index contributed by atoms with van der Waals surface area (Å²) >= 11 is 0. The summed E-state index contributed by atoms with van der Waals surface area (Å²) in [6, 6.07) is 5.40. The molecule has 2 aliphatic rings. The van der Waals surface area contributed by atoms with Gasteiger partial charge in [0.1, 0.15) is 17.9 Å². The molecule has 10 nitrogen and oxygen atoms in total. The molecule has 4 rings (SSSR count). The molecule has 2 aliphatic heterocycles. The summed E-state index contributed by atoms with van der Waals surface area (Å²) in [5.74, 6) is -1.18. The maximum Gasteiger partial charge on any atom is 0.322 e. The average Bonchev–Trinajstić information content (AvgIpc) is 3.06. The normalized spacial score (nSPS) is 18.1. The average molecular weight is 428 g/mol. The fourth-order valence-corrected chi connectivity index (χ4v) is 3.82. The number of halogens is 1. The lowest BCUT2D eigenvalue weighted by molar-refractivity contribution is -0.152. The third kappa shape index (κ3) is 3.83. The molecule has 0 saturated heterocycles. The zero-order chi connectivity index (χ0) is 22.1. The van der Waals surface area contributed by atoms with E-state index in [1.807, 2.05) is 0 Å². The summed E-state index contributed by atoms with van der Waals surface area (Å²) < 4.78 is 15.9. The van der Waals surface area contributed by atoms with Crippen LogP contribution >= 0.6 is 0 Å². The van der Waals surface area contributed by atoms with E-state index < -0.39 is 18.0 Å². The highest BCUT2D eigenvalue weighted by Gasteiger charge is 2.35. The number of benzene rings is 1. The second kappa shape index (κ2) is 8.33. The summed E-state index contributed by atoms with van der Waals surface area (Å²) in [4.78, 5) is 32.7. The van der Waals surface area contributed by atoms with Crippen molar-refractivity contribution in [3.8, 4) is 6.07 Å². The number of nitrogens with one attached hydrogen (secondary N) is 1. The van der Waals surface area contributed by atoms with Crippen LogP contribution < -0.4 is 5.32 Å². The smallest absolute Gasteiger partial charge is 0.322 e. The number of nitriles is 1. The first-order chi connectivity index (χ1) is 14.9. The Bertz CT molecular complexity index is 1080. The molecule has 1 atom stereocenters. The molecule has 3 heterocycles. The Labute approximate surface area is 177 Å². The van der Waals surface area contributed by atoms with Crippen molar-refractivity contribution in [1.29, 1.82) is 5.26 Å². The van der Waals surface area contributed by atoms with Crippen LogP contribution in [0, 0.1) is 17.1 Å². The largest absolute Gasteiger partial charge is 0.396 e.